The number of nitrogens with zero attached hydrogens (tertiary/aromatic N) is 2. The summed E-state index contributed by atoms with van der Waals surface area (Å²) in [6.07, 6.45) is -0.0426. The van der Waals surface area contributed by atoms with Gasteiger partial charge >= 0.3 is 5.97 Å². The summed E-state index contributed by atoms with van der Waals surface area (Å²) in [6, 6.07) is 19.0. The highest BCUT2D eigenvalue weighted by Crippen LogP contribution is 2.31. The van der Waals surface area contributed by atoms with Gasteiger partial charge in [-0.2, -0.15) is 0 Å². The number of anilines is 1. The Labute approximate surface area is 222 Å². The summed E-state index contributed by atoms with van der Waals surface area (Å²) in [6.45, 7) is 2.15. The van der Waals surface area contributed by atoms with Crippen molar-refractivity contribution in [1.29, 1.82) is 0 Å². The van der Waals surface area contributed by atoms with Crippen LogP contribution >= 0.6 is 23.4 Å². The Bertz CT molecular complexity index is 1330. The number of rotatable bonds is 7. The molecular weight excluding hydrogens is 517 g/mol. The molecule has 37 heavy (non-hydrogen) atoms. The number of aliphatic imine (C=N–C) groups is 1. The first kappa shape index (κ1) is 26.4. The fourth-order valence-electron chi connectivity index (χ4n) is 3.56. The first-order valence-electron chi connectivity index (χ1n) is 11.5. The average molecular weight is 540 g/mol. The lowest BCUT2D eigenvalue weighted by Gasteiger charge is -2.32. The van der Waals surface area contributed by atoms with Gasteiger partial charge in [-0.3, -0.25) is 14.5 Å². The lowest BCUT2D eigenvalue weighted by molar-refractivity contribution is -0.129. The number of nitrogens with one attached hydrogen (secondary N) is 1. The van der Waals surface area contributed by atoms with E-state index in [9.17, 15) is 18.8 Å². The van der Waals surface area contributed by atoms with Crippen LogP contribution in [0.15, 0.2) is 77.8 Å². The third-order valence-electron chi connectivity index (χ3n) is 5.38. The van der Waals surface area contributed by atoms with E-state index in [1.54, 1.807) is 67.6 Å². The zero-order chi connectivity index (χ0) is 26.4. The van der Waals surface area contributed by atoms with Crippen LogP contribution in [0.4, 0.5) is 15.8 Å². The van der Waals surface area contributed by atoms with E-state index in [2.05, 4.69) is 10.3 Å². The molecule has 0 bridgehead atoms. The van der Waals surface area contributed by atoms with Crippen LogP contribution in [0.5, 0.6) is 0 Å². The van der Waals surface area contributed by atoms with Gasteiger partial charge in [-0.25, -0.2) is 14.2 Å². The van der Waals surface area contributed by atoms with Crippen LogP contribution in [-0.4, -0.2) is 39.7 Å². The van der Waals surface area contributed by atoms with E-state index < -0.39 is 11.2 Å². The van der Waals surface area contributed by atoms with E-state index in [1.165, 1.54) is 17.0 Å². The number of ether oxygens (including phenoxy) is 1. The van der Waals surface area contributed by atoms with Gasteiger partial charge in [0.25, 0.3) is 0 Å². The third kappa shape index (κ3) is 6.96. The van der Waals surface area contributed by atoms with Crippen molar-refractivity contribution < 1.29 is 23.5 Å². The summed E-state index contributed by atoms with van der Waals surface area (Å²) < 4.78 is 18.4. The summed E-state index contributed by atoms with van der Waals surface area (Å²) in [4.78, 5) is 44.3. The number of carbonyl (C=O) groups excluding carboxylic acids is 3. The van der Waals surface area contributed by atoms with Crippen LogP contribution in [0.1, 0.15) is 29.3 Å². The maximum Gasteiger partial charge on any atom is 0.338 e. The number of thioether (sulfide) groups is 1. The van der Waals surface area contributed by atoms with Crippen LogP contribution < -0.4 is 5.32 Å². The predicted molar refractivity (Wildman–Crippen MR) is 143 cm³/mol. The van der Waals surface area contributed by atoms with Crippen molar-refractivity contribution in [3.05, 3.63) is 94.8 Å². The highest BCUT2D eigenvalue weighted by molar-refractivity contribution is 8.15. The molecule has 1 aliphatic rings. The number of esters is 1. The molecule has 1 fully saturated rings. The molecule has 1 atom stereocenters. The molecule has 0 aromatic heterocycles. The van der Waals surface area contributed by atoms with E-state index >= 15 is 0 Å². The number of carbonyl (C=O) groups is 3. The van der Waals surface area contributed by atoms with Gasteiger partial charge in [-0.15, -0.1) is 0 Å². The van der Waals surface area contributed by atoms with Gasteiger partial charge < -0.3 is 10.1 Å². The third-order valence-corrected chi connectivity index (χ3v) is 6.80. The van der Waals surface area contributed by atoms with E-state index in [-0.39, 0.29) is 37.2 Å². The van der Waals surface area contributed by atoms with E-state index in [0.29, 0.717) is 32.7 Å². The Morgan fingerprint density at radius 1 is 1.14 bits per heavy atom. The molecule has 10 heteroatoms. The van der Waals surface area contributed by atoms with Crippen LogP contribution in [0.3, 0.4) is 0 Å². The largest absolute Gasteiger partial charge is 0.462 e. The Morgan fingerprint density at radius 3 is 2.54 bits per heavy atom. The van der Waals surface area contributed by atoms with Gasteiger partial charge in [0, 0.05) is 17.1 Å². The fourth-order valence-corrected chi connectivity index (χ4v) is 4.84. The molecule has 3 aromatic rings. The minimum atomic E-state index is -0.728. The number of benzene rings is 3. The monoisotopic (exact) mass is 539 g/mol. The standard InChI is InChI=1S/C27H23ClFN3O4S/c1-2-36-26(35)18-8-12-21(13-9-18)31-27-32(16-17-6-10-20(29)11-7-17)24(33)15-23(37-27)25(34)30-22-5-3-4-19(28)14-22/h3-14,23H,2,15-16H2,1H3,(H,30,34). The quantitative estimate of drug-likeness (QED) is 0.382. The molecule has 1 unspecified atom stereocenters. The predicted octanol–water partition coefficient (Wildman–Crippen LogP) is 5.82. The molecule has 0 aliphatic carbocycles. The molecule has 0 radical (unpaired) electrons. The second-order valence-electron chi connectivity index (χ2n) is 8.08. The fraction of sp³-hybridized carbons (Fsp3) is 0.185. The lowest BCUT2D eigenvalue weighted by atomic mass is 10.2. The Kier molecular flexibility index (Phi) is 8.58. The number of amidine groups is 1. The molecule has 0 saturated carbocycles. The van der Waals surface area contributed by atoms with Gasteiger partial charge in [-0.05, 0) is 67.1 Å². The lowest BCUT2D eigenvalue weighted by Crippen LogP contribution is -2.44. The number of hydrogen-bond acceptors (Lipinski definition) is 6. The van der Waals surface area contributed by atoms with Crippen molar-refractivity contribution in [3.63, 3.8) is 0 Å². The highest BCUT2D eigenvalue weighted by atomic mass is 35.5. The second kappa shape index (κ2) is 12.0. The van der Waals surface area contributed by atoms with Crippen molar-refractivity contribution >= 4 is 57.7 Å². The first-order valence-corrected chi connectivity index (χ1v) is 12.7. The molecule has 7 nitrogen and oxygen atoms in total. The van der Waals surface area contributed by atoms with Crippen LogP contribution in [0.25, 0.3) is 0 Å². The molecule has 0 spiro atoms. The number of amides is 2. The first-order chi connectivity index (χ1) is 17.8. The van der Waals surface area contributed by atoms with Gasteiger partial charge in [-0.1, -0.05) is 41.6 Å². The van der Waals surface area contributed by atoms with Gasteiger partial charge in [0.05, 0.1) is 24.4 Å². The molecule has 2 amide bonds. The zero-order valence-corrected chi connectivity index (χ0v) is 21.4. The van der Waals surface area contributed by atoms with Crippen molar-refractivity contribution in [2.24, 2.45) is 4.99 Å². The summed E-state index contributed by atoms with van der Waals surface area (Å²) in [5, 5.41) is 2.86. The van der Waals surface area contributed by atoms with Crippen molar-refractivity contribution in [1.82, 2.24) is 4.90 Å². The number of hydrogen-bond donors (Lipinski definition) is 1. The van der Waals surface area contributed by atoms with Crippen LogP contribution in [0, 0.1) is 5.82 Å². The van der Waals surface area contributed by atoms with E-state index in [0.717, 1.165) is 11.8 Å². The SMILES string of the molecule is CCOC(=O)c1ccc(N=C2SC(C(=O)Nc3cccc(Cl)c3)CC(=O)N2Cc2ccc(F)cc2)cc1. The Hall–Kier alpha value is -3.69. The van der Waals surface area contributed by atoms with Gasteiger partial charge in [0.15, 0.2) is 5.17 Å². The number of halogens is 2. The van der Waals surface area contributed by atoms with Crippen LogP contribution in [-0.2, 0) is 20.9 Å². The summed E-state index contributed by atoms with van der Waals surface area (Å²) >= 11 is 7.17. The minimum absolute atomic E-state index is 0.0426. The second-order valence-corrected chi connectivity index (χ2v) is 9.68. The summed E-state index contributed by atoms with van der Waals surface area (Å²) in [5.74, 6) is -1.47. The van der Waals surface area contributed by atoms with E-state index in [1.807, 2.05) is 0 Å². The molecule has 3 aromatic carbocycles. The maximum atomic E-state index is 13.4. The van der Waals surface area contributed by atoms with Gasteiger partial charge in [0.1, 0.15) is 11.1 Å². The van der Waals surface area contributed by atoms with Crippen LogP contribution in [0.2, 0.25) is 5.02 Å². The Morgan fingerprint density at radius 2 is 1.86 bits per heavy atom. The van der Waals surface area contributed by atoms with Crippen molar-refractivity contribution in [2.45, 2.75) is 25.1 Å². The smallest absolute Gasteiger partial charge is 0.338 e. The normalized spacial score (nSPS) is 16.5. The topological polar surface area (TPSA) is 88.1 Å². The van der Waals surface area contributed by atoms with E-state index in [4.69, 9.17) is 16.3 Å². The summed E-state index contributed by atoms with van der Waals surface area (Å²) in [5.41, 5.74) is 2.10. The molecule has 1 N–H and O–H groups in total. The molecule has 1 saturated heterocycles. The molecule has 1 heterocycles. The van der Waals surface area contributed by atoms with Crippen molar-refractivity contribution in [3.8, 4) is 0 Å². The average Bonchev–Trinajstić information content (AvgIpc) is 2.87. The summed E-state index contributed by atoms with van der Waals surface area (Å²) in [7, 11) is 0. The molecule has 190 valence electrons. The zero-order valence-electron chi connectivity index (χ0n) is 19.8. The molecule has 4 rings (SSSR count). The van der Waals surface area contributed by atoms with Crippen molar-refractivity contribution in [2.75, 3.05) is 11.9 Å². The minimum Gasteiger partial charge on any atom is -0.462 e. The maximum absolute atomic E-state index is 13.4. The highest BCUT2D eigenvalue weighted by Gasteiger charge is 2.36. The molecular formula is C27H23ClFN3O4S. The Balaban J connectivity index is 1.60. The van der Waals surface area contributed by atoms with Gasteiger partial charge in [0.2, 0.25) is 11.8 Å². The molecule has 1 aliphatic heterocycles.